The van der Waals surface area contributed by atoms with E-state index in [1.807, 2.05) is 0 Å². The van der Waals surface area contributed by atoms with Gasteiger partial charge < -0.3 is 15.0 Å². The van der Waals surface area contributed by atoms with Gasteiger partial charge in [-0.2, -0.15) is 0 Å². The van der Waals surface area contributed by atoms with Crippen LogP contribution >= 0.6 is 0 Å². The van der Waals surface area contributed by atoms with Crippen LogP contribution in [0.3, 0.4) is 0 Å². The second-order valence-electron chi connectivity index (χ2n) is 6.45. The standard InChI is InChI=1S/C15H28N2O/c1-17-13-6-7-14(17)11-12(10-13)16-8-9-18-15-4-2-3-5-15/h12-16H,2-11H2,1H3. The van der Waals surface area contributed by atoms with Crippen LogP contribution in [0, 0.1) is 0 Å². The molecular weight excluding hydrogens is 224 g/mol. The molecule has 2 unspecified atom stereocenters. The van der Waals surface area contributed by atoms with Gasteiger partial charge in [0.1, 0.15) is 0 Å². The number of hydrogen-bond acceptors (Lipinski definition) is 3. The molecule has 18 heavy (non-hydrogen) atoms. The lowest BCUT2D eigenvalue weighted by atomic mass is 9.98. The molecule has 2 aliphatic heterocycles. The van der Waals surface area contributed by atoms with Crippen LogP contribution in [0.1, 0.15) is 51.4 Å². The molecule has 1 N–H and O–H groups in total. The van der Waals surface area contributed by atoms with Gasteiger partial charge in [-0.25, -0.2) is 0 Å². The molecule has 0 aromatic rings. The number of piperidine rings is 1. The SMILES string of the molecule is CN1C2CCC1CC(NCCOC1CCCC1)C2. The summed E-state index contributed by atoms with van der Waals surface area (Å²) in [5, 5.41) is 3.72. The first-order chi connectivity index (χ1) is 8.83. The van der Waals surface area contributed by atoms with Gasteiger partial charge in [-0.1, -0.05) is 12.8 Å². The third-order valence-corrected chi connectivity index (χ3v) is 5.29. The minimum Gasteiger partial charge on any atom is -0.377 e. The molecule has 3 aliphatic rings. The number of hydrogen-bond donors (Lipinski definition) is 1. The second-order valence-corrected chi connectivity index (χ2v) is 6.45. The first kappa shape index (κ1) is 12.9. The predicted molar refractivity (Wildman–Crippen MR) is 73.8 cm³/mol. The Morgan fingerprint density at radius 1 is 1.06 bits per heavy atom. The molecule has 0 aromatic heterocycles. The van der Waals surface area contributed by atoms with Crippen LogP contribution in [0.25, 0.3) is 0 Å². The van der Waals surface area contributed by atoms with Crippen molar-refractivity contribution in [2.45, 2.75) is 75.6 Å². The summed E-state index contributed by atoms with van der Waals surface area (Å²) in [6, 6.07) is 2.43. The monoisotopic (exact) mass is 252 g/mol. The molecule has 3 heteroatoms. The lowest BCUT2D eigenvalue weighted by molar-refractivity contribution is 0.0561. The van der Waals surface area contributed by atoms with Crippen LogP contribution < -0.4 is 5.32 Å². The van der Waals surface area contributed by atoms with Crippen molar-refractivity contribution in [1.29, 1.82) is 0 Å². The van der Waals surface area contributed by atoms with Crippen molar-refractivity contribution >= 4 is 0 Å². The Labute approximate surface area is 111 Å². The molecular formula is C15H28N2O. The highest BCUT2D eigenvalue weighted by Gasteiger charge is 2.37. The van der Waals surface area contributed by atoms with Crippen molar-refractivity contribution in [3.8, 4) is 0 Å². The molecule has 0 aromatic carbocycles. The summed E-state index contributed by atoms with van der Waals surface area (Å²) in [6.07, 6.45) is 11.4. The van der Waals surface area contributed by atoms with E-state index in [0.717, 1.165) is 31.3 Å². The quantitative estimate of drug-likeness (QED) is 0.759. The second kappa shape index (κ2) is 5.89. The van der Waals surface area contributed by atoms with Gasteiger partial charge in [-0.3, -0.25) is 0 Å². The minimum atomic E-state index is 0.570. The zero-order chi connectivity index (χ0) is 12.4. The third kappa shape index (κ3) is 2.89. The third-order valence-electron chi connectivity index (χ3n) is 5.29. The maximum Gasteiger partial charge on any atom is 0.0594 e. The molecule has 2 atom stereocenters. The summed E-state index contributed by atoms with van der Waals surface area (Å²) in [5.41, 5.74) is 0. The molecule has 2 bridgehead atoms. The zero-order valence-electron chi connectivity index (χ0n) is 11.7. The fraction of sp³-hybridized carbons (Fsp3) is 1.00. The molecule has 1 saturated carbocycles. The molecule has 3 nitrogen and oxygen atoms in total. The molecule has 2 saturated heterocycles. The van der Waals surface area contributed by atoms with Gasteiger partial charge in [0.25, 0.3) is 0 Å². The largest absolute Gasteiger partial charge is 0.377 e. The average Bonchev–Trinajstić information content (AvgIpc) is 2.93. The molecule has 3 fully saturated rings. The fourth-order valence-electron chi connectivity index (χ4n) is 4.12. The number of nitrogens with zero attached hydrogens (tertiary/aromatic N) is 1. The fourth-order valence-corrected chi connectivity index (χ4v) is 4.12. The highest BCUT2D eigenvalue weighted by molar-refractivity contribution is 4.95. The van der Waals surface area contributed by atoms with E-state index >= 15 is 0 Å². The smallest absolute Gasteiger partial charge is 0.0594 e. The van der Waals surface area contributed by atoms with E-state index in [9.17, 15) is 0 Å². The van der Waals surface area contributed by atoms with Crippen molar-refractivity contribution in [3.05, 3.63) is 0 Å². The molecule has 0 amide bonds. The number of fused-ring (bicyclic) bond motifs is 2. The molecule has 0 spiro atoms. The number of rotatable bonds is 5. The Morgan fingerprint density at radius 3 is 2.39 bits per heavy atom. The molecule has 0 radical (unpaired) electrons. The minimum absolute atomic E-state index is 0.570. The van der Waals surface area contributed by atoms with Gasteiger partial charge in [0, 0.05) is 24.7 Å². The van der Waals surface area contributed by atoms with Crippen molar-refractivity contribution in [2.24, 2.45) is 0 Å². The topological polar surface area (TPSA) is 24.5 Å². The zero-order valence-corrected chi connectivity index (χ0v) is 11.7. The number of ether oxygens (including phenoxy) is 1. The van der Waals surface area contributed by atoms with Crippen LogP contribution in [0.2, 0.25) is 0 Å². The highest BCUT2D eigenvalue weighted by Crippen LogP contribution is 2.34. The summed E-state index contributed by atoms with van der Waals surface area (Å²) in [5.74, 6) is 0. The Kier molecular flexibility index (Phi) is 4.22. The Bertz CT molecular complexity index is 251. The lowest BCUT2D eigenvalue weighted by Gasteiger charge is -2.36. The van der Waals surface area contributed by atoms with Crippen LogP contribution in [0.5, 0.6) is 0 Å². The summed E-state index contributed by atoms with van der Waals surface area (Å²) < 4.78 is 5.91. The first-order valence-corrected chi connectivity index (χ1v) is 7.90. The predicted octanol–water partition coefficient (Wildman–Crippen LogP) is 2.16. The Hall–Kier alpha value is -0.120. The van der Waals surface area contributed by atoms with Gasteiger partial charge >= 0.3 is 0 Å². The van der Waals surface area contributed by atoms with Crippen molar-refractivity contribution in [1.82, 2.24) is 10.2 Å². The maximum atomic E-state index is 5.91. The van der Waals surface area contributed by atoms with E-state index in [0.29, 0.717) is 6.10 Å². The first-order valence-electron chi connectivity index (χ1n) is 7.90. The Balaban J connectivity index is 1.32. The van der Waals surface area contributed by atoms with E-state index in [1.165, 1.54) is 51.4 Å². The average molecular weight is 252 g/mol. The Morgan fingerprint density at radius 2 is 1.72 bits per heavy atom. The molecule has 104 valence electrons. The van der Waals surface area contributed by atoms with Gasteiger partial charge in [-0.15, -0.1) is 0 Å². The van der Waals surface area contributed by atoms with Gasteiger partial charge in [0.15, 0.2) is 0 Å². The summed E-state index contributed by atoms with van der Waals surface area (Å²) >= 11 is 0. The van der Waals surface area contributed by atoms with Gasteiger partial charge in [0.05, 0.1) is 12.7 Å². The van der Waals surface area contributed by atoms with Crippen LogP contribution in [0.15, 0.2) is 0 Å². The van der Waals surface area contributed by atoms with E-state index in [4.69, 9.17) is 4.74 Å². The maximum absolute atomic E-state index is 5.91. The van der Waals surface area contributed by atoms with E-state index < -0.39 is 0 Å². The van der Waals surface area contributed by atoms with Crippen LogP contribution in [-0.4, -0.2) is 49.3 Å². The summed E-state index contributed by atoms with van der Waals surface area (Å²) in [6.45, 7) is 1.96. The molecule has 3 rings (SSSR count). The summed E-state index contributed by atoms with van der Waals surface area (Å²) in [7, 11) is 2.31. The lowest BCUT2D eigenvalue weighted by Crippen LogP contribution is -2.47. The summed E-state index contributed by atoms with van der Waals surface area (Å²) in [4.78, 5) is 2.60. The van der Waals surface area contributed by atoms with Crippen molar-refractivity contribution < 1.29 is 4.74 Å². The van der Waals surface area contributed by atoms with Crippen molar-refractivity contribution in [3.63, 3.8) is 0 Å². The normalized spacial score (nSPS) is 37.5. The van der Waals surface area contributed by atoms with Crippen LogP contribution in [0.4, 0.5) is 0 Å². The van der Waals surface area contributed by atoms with E-state index in [1.54, 1.807) is 0 Å². The van der Waals surface area contributed by atoms with E-state index in [-0.39, 0.29) is 0 Å². The van der Waals surface area contributed by atoms with Gasteiger partial charge in [-0.05, 0) is 45.6 Å². The van der Waals surface area contributed by atoms with E-state index in [2.05, 4.69) is 17.3 Å². The van der Waals surface area contributed by atoms with Gasteiger partial charge in [0.2, 0.25) is 0 Å². The molecule has 2 heterocycles. The number of nitrogens with one attached hydrogen (secondary N) is 1. The van der Waals surface area contributed by atoms with Crippen molar-refractivity contribution in [2.75, 3.05) is 20.2 Å². The highest BCUT2D eigenvalue weighted by atomic mass is 16.5. The molecule has 1 aliphatic carbocycles. The van der Waals surface area contributed by atoms with Crippen LogP contribution in [-0.2, 0) is 4.74 Å².